The number of carbonyl (C=O) groups excluding carboxylic acids is 1. The van der Waals surface area contributed by atoms with E-state index in [1.807, 2.05) is 41.7 Å². The molecule has 29 heavy (non-hydrogen) atoms. The molecule has 0 saturated carbocycles. The normalized spacial score (nSPS) is 12.6. The second-order valence-corrected chi connectivity index (χ2v) is 7.90. The summed E-state index contributed by atoms with van der Waals surface area (Å²) in [5.41, 5.74) is 3.20. The van der Waals surface area contributed by atoms with Crippen LogP contribution in [0.5, 0.6) is 11.5 Å². The third-order valence-electron chi connectivity index (χ3n) is 4.60. The van der Waals surface area contributed by atoms with Crippen LogP contribution in [0.4, 0.5) is 5.69 Å². The lowest BCUT2D eigenvalue weighted by Crippen LogP contribution is -2.14. The van der Waals surface area contributed by atoms with Crippen LogP contribution < -0.4 is 14.8 Å². The zero-order valence-corrected chi connectivity index (χ0v) is 16.9. The Bertz CT molecular complexity index is 1270. The van der Waals surface area contributed by atoms with Crippen LogP contribution in [0.1, 0.15) is 5.56 Å². The maximum Gasteiger partial charge on any atom is 0.234 e. The number of aromatic nitrogens is 3. The molecular formula is C20H15ClN4O3S. The average Bonchev–Trinajstić information content (AvgIpc) is 3.33. The number of halogens is 1. The number of amides is 1. The van der Waals surface area contributed by atoms with Crippen LogP contribution in [0.15, 0.2) is 47.6 Å². The highest BCUT2D eigenvalue weighted by atomic mass is 35.5. The first-order valence-electron chi connectivity index (χ1n) is 8.85. The summed E-state index contributed by atoms with van der Waals surface area (Å²) in [5, 5.41) is 13.5. The van der Waals surface area contributed by atoms with Gasteiger partial charge in [0.25, 0.3) is 0 Å². The minimum Gasteiger partial charge on any atom is -0.454 e. The van der Waals surface area contributed by atoms with E-state index in [1.165, 1.54) is 11.8 Å². The fraction of sp³-hybridized carbons (Fsp3) is 0.150. The number of anilines is 1. The molecule has 2 aromatic carbocycles. The maximum atomic E-state index is 12.4. The van der Waals surface area contributed by atoms with Gasteiger partial charge in [-0.3, -0.25) is 9.20 Å². The highest BCUT2D eigenvalue weighted by Crippen LogP contribution is 2.37. The summed E-state index contributed by atoms with van der Waals surface area (Å²) < 4.78 is 12.9. The second-order valence-electron chi connectivity index (χ2n) is 6.55. The number of hydrogen-bond donors (Lipinski definition) is 1. The van der Waals surface area contributed by atoms with Crippen LogP contribution in [-0.4, -0.2) is 33.1 Å². The Morgan fingerprint density at radius 2 is 2.00 bits per heavy atom. The van der Waals surface area contributed by atoms with E-state index in [2.05, 4.69) is 15.5 Å². The molecule has 146 valence electrons. The van der Waals surface area contributed by atoms with Gasteiger partial charge in [-0.2, -0.15) is 0 Å². The Hall–Kier alpha value is -2.97. The fourth-order valence-corrected chi connectivity index (χ4v) is 4.20. The van der Waals surface area contributed by atoms with Gasteiger partial charge < -0.3 is 14.8 Å². The minimum atomic E-state index is -0.172. The molecule has 0 atom stereocenters. The molecule has 0 bridgehead atoms. The number of fused-ring (bicyclic) bond motifs is 4. The Balaban J connectivity index is 1.46. The number of para-hydroxylation sites is 1. The van der Waals surface area contributed by atoms with Gasteiger partial charge in [0.05, 0.1) is 22.0 Å². The molecule has 4 aromatic rings. The van der Waals surface area contributed by atoms with Gasteiger partial charge in [-0.15, -0.1) is 10.2 Å². The van der Waals surface area contributed by atoms with Crippen LogP contribution in [0, 0.1) is 6.92 Å². The third kappa shape index (κ3) is 3.24. The van der Waals surface area contributed by atoms with E-state index < -0.39 is 0 Å². The van der Waals surface area contributed by atoms with Crippen molar-refractivity contribution in [2.75, 3.05) is 17.9 Å². The lowest BCUT2D eigenvalue weighted by atomic mass is 10.1. The van der Waals surface area contributed by atoms with Crippen molar-refractivity contribution in [3.8, 4) is 11.5 Å². The monoisotopic (exact) mass is 426 g/mol. The Morgan fingerprint density at radius 3 is 2.83 bits per heavy atom. The third-order valence-corrected chi connectivity index (χ3v) is 5.86. The van der Waals surface area contributed by atoms with Gasteiger partial charge in [0.15, 0.2) is 22.3 Å². The number of pyridine rings is 1. The van der Waals surface area contributed by atoms with E-state index in [4.69, 9.17) is 21.1 Å². The molecule has 1 amide bonds. The SMILES string of the molecule is Cc1cc2cc3c(cc2n2c(SCC(=O)Nc4ccccc4Cl)nnc12)OCO3. The molecule has 0 saturated heterocycles. The van der Waals surface area contributed by atoms with Crippen molar-refractivity contribution in [3.63, 3.8) is 0 Å². The van der Waals surface area contributed by atoms with E-state index in [1.54, 1.807) is 12.1 Å². The standard InChI is InChI=1S/C20H15ClN4O3S/c1-11-6-12-7-16-17(28-10-27-16)8-15(12)25-19(11)23-24-20(25)29-9-18(26)22-14-5-3-2-4-13(14)21/h2-8H,9-10H2,1H3,(H,22,26). The van der Waals surface area contributed by atoms with Crippen molar-refractivity contribution < 1.29 is 14.3 Å². The fourth-order valence-electron chi connectivity index (χ4n) is 3.27. The molecule has 0 unspecified atom stereocenters. The molecule has 1 aliphatic rings. The van der Waals surface area contributed by atoms with Crippen LogP contribution in [-0.2, 0) is 4.79 Å². The molecule has 1 aliphatic heterocycles. The van der Waals surface area contributed by atoms with E-state index in [0.29, 0.717) is 21.6 Å². The number of aryl methyl sites for hydroxylation is 1. The Kier molecular flexibility index (Phi) is 4.44. The number of carbonyl (C=O) groups is 1. The van der Waals surface area contributed by atoms with Crippen molar-refractivity contribution in [1.82, 2.24) is 14.6 Å². The van der Waals surface area contributed by atoms with E-state index in [9.17, 15) is 4.79 Å². The summed E-state index contributed by atoms with van der Waals surface area (Å²) in [6.07, 6.45) is 0. The van der Waals surface area contributed by atoms with Crippen LogP contribution in [0.25, 0.3) is 16.6 Å². The zero-order chi connectivity index (χ0) is 20.0. The van der Waals surface area contributed by atoms with Crippen molar-refractivity contribution >= 4 is 51.5 Å². The average molecular weight is 427 g/mol. The van der Waals surface area contributed by atoms with Gasteiger partial charge in [0.2, 0.25) is 12.7 Å². The summed E-state index contributed by atoms with van der Waals surface area (Å²) >= 11 is 7.41. The summed E-state index contributed by atoms with van der Waals surface area (Å²) in [6, 6.07) is 13.0. The molecule has 0 spiro atoms. The predicted octanol–water partition coefficient (Wildman–Crippen LogP) is 4.30. The molecule has 2 aromatic heterocycles. The first-order chi connectivity index (χ1) is 14.1. The van der Waals surface area contributed by atoms with Crippen molar-refractivity contribution in [2.24, 2.45) is 0 Å². The van der Waals surface area contributed by atoms with Gasteiger partial charge >= 0.3 is 0 Å². The largest absolute Gasteiger partial charge is 0.454 e. The predicted molar refractivity (Wildman–Crippen MR) is 112 cm³/mol. The summed E-state index contributed by atoms with van der Waals surface area (Å²) in [7, 11) is 0. The van der Waals surface area contributed by atoms with Gasteiger partial charge in [-0.25, -0.2) is 0 Å². The Morgan fingerprint density at radius 1 is 1.21 bits per heavy atom. The molecule has 9 heteroatoms. The molecule has 5 rings (SSSR count). The van der Waals surface area contributed by atoms with Crippen molar-refractivity contribution in [2.45, 2.75) is 12.1 Å². The number of benzene rings is 2. The molecule has 1 N–H and O–H groups in total. The number of thioether (sulfide) groups is 1. The summed E-state index contributed by atoms with van der Waals surface area (Å²) in [5.74, 6) is 1.40. The van der Waals surface area contributed by atoms with Crippen molar-refractivity contribution in [1.29, 1.82) is 0 Å². The van der Waals surface area contributed by atoms with Gasteiger partial charge in [0.1, 0.15) is 0 Å². The van der Waals surface area contributed by atoms with E-state index in [0.717, 1.165) is 27.9 Å². The molecule has 0 aliphatic carbocycles. The molecular weight excluding hydrogens is 412 g/mol. The molecule has 0 radical (unpaired) electrons. The number of ether oxygens (including phenoxy) is 2. The number of nitrogens with one attached hydrogen (secondary N) is 1. The zero-order valence-electron chi connectivity index (χ0n) is 15.3. The topological polar surface area (TPSA) is 77.8 Å². The highest BCUT2D eigenvalue weighted by molar-refractivity contribution is 7.99. The van der Waals surface area contributed by atoms with Crippen LogP contribution in [0.2, 0.25) is 5.02 Å². The highest BCUT2D eigenvalue weighted by Gasteiger charge is 2.19. The Labute approximate surface area is 175 Å². The quantitative estimate of drug-likeness (QED) is 0.490. The van der Waals surface area contributed by atoms with Crippen LogP contribution >= 0.6 is 23.4 Å². The first kappa shape index (κ1) is 18.1. The number of nitrogens with zero attached hydrogens (tertiary/aromatic N) is 3. The van der Waals surface area contributed by atoms with E-state index >= 15 is 0 Å². The van der Waals surface area contributed by atoms with Gasteiger partial charge in [-0.1, -0.05) is 35.5 Å². The first-order valence-corrected chi connectivity index (χ1v) is 10.2. The van der Waals surface area contributed by atoms with Crippen molar-refractivity contribution in [3.05, 3.63) is 53.1 Å². The van der Waals surface area contributed by atoms with E-state index in [-0.39, 0.29) is 18.5 Å². The molecule has 3 heterocycles. The lowest BCUT2D eigenvalue weighted by Gasteiger charge is -2.09. The second kappa shape index (κ2) is 7.13. The maximum absolute atomic E-state index is 12.4. The molecule has 7 nitrogen and oxygen atoms in total. The van der Waals surface area contributed by atoms with Gasteiger partial charge in [-0.05, 0) is 36.8 Å². The number of rotatable bonds is 4. The summed E-state index contributed by atoms with van der Waals surface area (Å²) in [4.78, 5) is 12.4. The molecule has 0 fully saturated rings. The number of hydrogen-bond acceptors (Lipinski definition) is 6. The summed E-state index contributed by atoms with van der Waals surface area (Å²) in [6.45, 7) is 2.19. The van der Waals surface area contributed by atoms with Crippen LogP contribution in [0.3, 0.4) is 0 Å². The van der Waals surface area contributed by atoms with Gasteiger partial charge in [0, 0.05) is 11.5 Å². The smallest absolute Gasteiger partial charge is 0.234 e. The minimum absolute atomic E-state index is 0.172. The lowest BCUT2D eigenvalue weighted by molar-refractivity contribution is -0.113.